The number of pyridine rings is 1. The quantitative estimate of drug-likeness (QED) is 0.493. The average molecular weight is 446 g/mol. The molecular formula is C22H24ClN3O5. The number of carbonyl (C=O) groups excluding carboxylic acids is 3. The van der Waals surface area contributed by atoms with Gasteiger partial charge >= 0.3 is 0 Å². The number of hydrogen-bond acceptors (Lipinski definition) is 5. The van der Waals surface area contributed by atoms with Crippen molar-refractivity contribution in [3.8, 4) is 0 Å². The van der Waals surface area contributed by atoms with Gasteiger partial charge in [-0.05, 0) is 18.9 Å². The van der Waals surface area contributed by atoms with E-state index in [1.165, 1.54) is 23.2 Å². The summed E-state index contributed by atoms with van der Waals surface area (Å²) in [5, 5.41) is 11.7. The molecule has 0 radical (unpaired) electrons. The maximum Gasteiger partial charge on any atom is 0.253 e. The van der Waals surface area contributed by atoms with E-state index in [1.807, 2.05) is 0 Å². The van der Waals surface area contributed by atoms with Gasteiger partial charge in [0, 0.05) is 43.4 Å². The molecule has 0 bridgehead atoms. The summed E-state index contributed by atoms with van der Waals surface area (Å²) in [6, 6.07) is 9.56. The number of halogens is 1. The van der Waals surface area contributed by atoms with Crippen molar-refractivity contribution in [1.82, 2.24) is 14.8 Å². The number of Topliss-reactive ketones (excluding diaryl/α,β-unsaturated/α-hetero) is 1. The number of aromatic nitrogens is 1. The normalized spacial score (nSPS) is 15.4. The number of nitrogens with one attached hydrogen (secondary N) is 1. The molecule has 0 aliphatic carbocycles. The van der Waals surface area contributed by atoms with E-state index in [4.69, 9.17) is 16.7 Å². The summed E-state index contributed by atoms with van der Waals surface area (Å²) in [6.07, 6.45) is 2.15. The molecule has 1 unspecified atom stereocenters. The minimum absolute atomic E-state index is 0.138. The highest BCUT2D eigenvalue weighted by atomic mass is 35.5. The molecular weight excluding hydrogens is 422 g/mol. The number of likely N-dealkylation sites (tertiary alicyclic amines) is 1. The maximum atomic E-state index is 13.4. The van der Waals surface area contributed by atoms with Crippen LogP contribution in [0.1, 0.15) is 29.2 Å². The summed E-state index contributed by atoms with van der Waals surface area (Å²) in [7, 11) is 0. The molecule has 164 valence electrons. The van der Waals surface area contributed by atoms with Gasteiger partial charge in [-0.1, -0.05) is 41.9 Å². The first-order chi connectivity index (χ1) is 14.9. The van der Waals surface area contributed by atoms with Crippen LogP contribution in [0.15, 0.2) is 53.5 Å². The fourth-order valence-corrected chi connectivity index (χ4v) is 3.82. The fourth-order valence-electron chi connectivity index (χ4n) is 3.65. The Balaban J connectivity index is 1.84. The minimum Gasteiger partial charge on any atom is -0.395 e. The van der Waals surface area contributed by atoms with Crippen molar-refractivity contribution >= 4 is 29.2 Å². The van der Waals surface area contributed by atoms with Crippen LogP contribution in [-0.4, -0.2) is 58.4 Å². The minimum atomic E-state index is -1.38. The predicted molar refractivity (Wildman–Crippen MR) is 115 cm³/mol. The molecule has 1 fully saturated rings. The van der Waals surface area contributed by atoms with Gasteiger partial charge in [0.1, 0.15) is 0 Å². The van der Waals surface area contributed by atoms with Gasteiger partial charge in [0.25, 0.3) is 11.5 Å². The van der Waals surface area contributed by atoms with Crippen LogP contribution in [0.25, 0.3) is 0 Å². The molecule has 1 saturated heterocycles. The van der Waals surface area contributed by atoms with Crippen molar-refractivity contribution in [2.45, 2.75) is 18.9 Å². The topological polar surface area (TPSA) is 109 Å². The molecule has 1 aromatic heterocycles. The zero-order chi connectivity index (χ0) is 22.4. The highest BCUT2D eigenvalue weighted by Gasteiger charge is 2.36. The smallest absolute Gasteiger partial charge is 0.253 e. The lowest BCUT2D eigenvalue weighted by molar-refractivity contribution is -0.137. The standard InChI is InChI=1S/C22H24ClN3O5/c23-17-6-7-18(28)26(14-17)19(20(29)15-4-2-1-3-5-15)22(31)25-11-8-16(9-12-25)21(30)24-10-13-27/h1-7,14,16,19,27H,8-13H2,(H,24,30). The van der Waals surface area contributed by atoms with Crippen LogP contribution in [-0.2, 0) is 9.59 Å². The summed E-state index contributed by atoms with van der Waals surface area (Å²) < 4.78 is 1.07. The third kappa shape index (κ3) is 5.39. The van der Waals surface area contributed by atoms with Gasteiger partial charge in [0.05, 0.1) is 11.6 Å². The Morgan fingerprint density at radius 3 is 2.42 bits per heavy atom. The van der Waals surface area contributed by atoms with Gasteiger partial charge in [-0.3, -0.25) is 23.7 Å². The van der Waals surface area contributed by atoms with Crippen LogP contribution >= 0.6 is 11.6 Å². The molecule has 0 saturated carbocycles. The average Bonchev–Trinajstić information content (AvgIpc) is 2.80. The number of benzene rings is 1. The van der Waals surface area contributed by atoms with Gasteiger partial charge in [0.2, 0.25) is 5.91 Å². The second-order valence-electron chi connectivity index (χ2n) is 7.34. The SMILES string of the molecule is O=C(NCCO)C1CCN(C(=O)C(C(=O)c2ccccc2)n2cc(Cl)ccc2=O)CC1. The van der Waals surface area contributed by atoms with Crippen molar-refractivity contribution in [3.63, 3.8) is 0 Å². The molecule has 2 heterocycles. The van der Waals surface area contributed by atoms with Crippen LogP contribution in [0, 0.1) is 5.92 Å². The maximum absolute atomic E-state index is 13.4. The number of nitrogens with zero attached hydrogens (tertiary/aromatic N) is 2. The molecule has 2 amide bonds. The second kappa shape index (κ2) is 10.4. The molecule has 1 aromatic carbocycles. The van der Waals surface area contributed by atoms with Crippen molar-refractivity contribution in [2.24, 2.45) is 5.92 Å². The van der Waals surface area contributed by atoms with Crippen molar-refractivity contribution in [3.05, 3.63) is 69.6 Å². The van der Waals surface area contributed by atoms with Crippen LogP contribution in [0.5, 0.6) is 0 Å². The molecule has 8 nitrogen and oxygen atoms in total. The van der Waals surface area contributed by atoms with Crippen LogP contribution < -0.4 is 10.9 Å². The number of amides is 2. The summed E-state index contributed by atoms with van der Waals surface area (Å²) in [6.45, 7) is 0.609. The summed E-state index contributed by atoms with van der Waals surface area (Å²) >= 11 is 6.04. The van der Waals surface area contributed by atoms with Crippen LogP contribution in [0.2, 0.25) is 5.02 Å². The van der Waals surface area contributed by atoms with E-state index in [2.05, 4.69) is 5.32 Å². The molecule has 9 heteroatoms. The molecule has 2 N–H and O–H groups in total. The van der Waals surface area contributed by atoms with Gasteiger partial charge in [0.15, 0.2) is 11.8 Å². The lowest BCUT2D eigenvalue weighted by Crippen LogP contribution is -2.48. The number of ketones is 1. The van der Waals surface area contributed by atoms with Crippen molar-refractivity contribution < 1.29 is 19.5 Å². The van der Waals surface area contributed by atoms with Gasteiger partial charge in [-0.25, -0.2) is 0 Å². The number of hydrogen-bond donors (Lipinski definition) is 2. The highest BCUT2D eigenvalue weighted by Crippen LogP contribution is 2.23. The molecule has 3 rings (SSSR count). The van der Waals surface area contributed by atoms with E-state index in [-0.39, 0.29) is 43.1 Å². The molecule has 1 aliphatic heterocycles. The Kier molecular flexibility index (Phi) is 7.59. The Morgan fingerprint density at radius 1 is 1.10 bits per heavy atom. The lowest BCUT2D eigenvalue weighted by atomic mass is 9.94. The van der Waals surface area contributed by atoms with E-state index in [0.717, 1.165) is 4.57 Å². The van der Waals surface area contributed by atoms with E-state index in [9.17, 15) is 19.2 Å². The first-order valence-electron chi connectivity index (χ1n) is 10.1. The van der Waals surface area contributed by atoms with Gasteiger partial charge in [-0.2, -0.15) is 0 Å². The number of piperidine rings is 1. The number of aliphatic hydroxyl groups excluding tert-OH is 1. The van der Waals surface area contributed by atoms with E-state index >= 15 is 0 Å². The number of rotatable bonds is 7. The van der Waals surface area contributed by atoms with E-state index in [1.54, 1.807) is 30.3 Å². The van der Waals surface area contributed by atoms with Crippen molar-refractivity contribution in [2.75, 3.05) is 26.2 Å². The predicted octanol–water partition coefficient (Wildman–Crippen LogP) is 1.27. The van der Waals surface area contributed by atoms with E-state index in [0.29, 0.717) is 18.4 Å². The van der Waals surface area contributed by atoms with E-state index < -0.39 is 23.3 Å². The number of carbonyl (C=O) groups is 3. The largest absolute Gasteiger partial charge is 0.395 e. The summed E-state index contributed by atoms with van der Waals surface area (Å²) in [5.74, 6) is -1.44. The molecule has 31 heavy (non-hydrogen) atoms. The fraction of sp³-hybridized carbons (Fsp3) is 0.364. The Bertz CT molecular complexity index is 1000. The second-order valence-corrected chi connectivity index (χ2v) is 7.78. The van der Waals surface area contributed by atoms with Gasteiger partial charge < -0.3 is 15.3 Å². The first-order valence-corrected chi connectivity index (χ1v) is 10.4. The molecule has 2 aromatic rings. The zero-order valence-electron chi connectivity index (χ0n) is 16.9. The molecule has 0 spiro atoms. The summed E-state index contributed by atoms with van der Waals surface area (Å²) in [5.41, 5.74) is -0.198. The first kappa shape index (κ1) is 22.7. The Labute approximate surface area is 184 Å². The monoisotopic (exact) mass is 445 g/mol. The third-order valence-corrected chi connectivity index (χ3v) is 5.53. The molecule has 1 aliphatic rings. The van der Waals surface area contributed by atoms with Crippen LogP contribution in [0.4, 0.5) is 0 Å². The summed E-state index contributed by atoms with van der Waals surface area (Å²) in [4.78, 5) is 52.8. The lowest BCUT2D eigenvalue weighted by Gasteiger charge is -2.33. The van der Waals surface area contributed by atoms with Crippen molar-refractivity contribution in [1.29, 1.82) is 0 Å². The van der Waals surface area contributed by atoms with Gasteiger partial charge in [-0.15, -0.1) is 0 Å². The Hall–Kier alpha value is -2.97. The Morgan fingerprint density at radius 2 is 1.77 bits per heavy atom. The molecule has 1 atom stereocenters. The highest BCUT2D eigenvalue weighted by molar-refractivity contribution is 6.30. The van der Waals surface area contributed by atoms with Crippen LogP contribution in [0.3, 0.4) is 0 Å². The third-order valence-electron chi connectivity index (χ3n) is 5.31. The zero-order valence-corrected chi connectivity index (χ0v) is 17.6. The number of aliphatic hydroxyl groups is 1.